The highest BCUT2D eigenvalue weighted by Crippen LogP contribution is 2.49. The zero-order chi connectivity index (χ0) is 19.7. The van der Waals surface area contributed by atoms with Crippen LogP contribution in [0.1, 0.15) is 18.1 Å². The molecule has 1 aliphatic rings. The summed E-state index contributed by atoms with van der Waals surface area (Å²) in [4.78, 5) is 5.93. The molecule has 3 aromatic heterocycles. The van der Waals surface area contributed by atoms with Crippen molar-refractivity contribution in [2.24, 2.45) is 0 Å². The van der Waals surface area contributed by atoms with Crippen LogP contribution < -0.4 is 0 Å². The topological polar surface area (TPSA) is 97.2 Å². The number of nitrogens with one attached hydrogen (secondary N) is 2. The molecule has 0 bridgehead atoms. The number of aliphatic hydroxyl groups excluding tert-OH is 1. The second-order valence-corrected chi connectivity index (χ2v) is 7.60. The number of para-hydroxylation sites is 2. The van der Waals surface area contributed by atoms with Gasteiger partial charge in [0.15, 0.2) is 11.8 Å². The van der Waals surface area contributed by atoms with Gasteiger partial charge in [0.2, 0.25) is 0 Å². The maximum atomic E-state index is 10.7. The smallest absolute Gasteiger partial charge is 0.200 e. The Bertz CT molecular complexity index is 1410. The van der Waals surface area contributed by atoms with Crippen LogP contribution in [0.25, 0.3) is 44.1 Å². The molecule has 0 fully saturated rings. The normalized spacial score (nSPS) is 16.1. The second-order valence-electron chi connectivity index (χ2n) is 7.60. The van der Waals surface area contributed by atoms with Crippen molar-refractivity contribution >= 4 is 21.8 Å². The minimum Gasteiger partial charge on any atom is -0.494 e. The van der Waals surface area contributed by atoms with Gasteiger partial charge in [-0.05, 0) is 12.5 Å². The number of aryl methyl sites for hydroxylation is 1. The maximum absolute atomic E-state index is 10.7. The number of hydrogen-bond acceptors (Lipinski definition) is 3. The van der Waals surface area contributed by atoms with Crippen LogP contribution in [0.3, 0.4) is 0 Å². The minimum absolute atomic E-state index is 0.0748. The number of hydrogen-bond donors (Lipinski definition) is 5. The molecule has 0 radical (unpaired) electrons. The van der Waals surface area contributed by atoms with Crippen molar-refractivity contribution in [3.05, 3.63) is 60.4 Å². The fourth-order valence-electron chi connectivity index (χ4n) is 4.73. The average molecular weight is 385 g/mol. The summed E-state index contributed by atoms with van der Waals surface area (Å²) in [6, 6.07) is 13.7. The van der Waals surface area contributed by atoms with Crippen LogP contribution >= 0.6 is 0 Å². The Balaban J connectivity index is 1.68. The van der Waals surface area contributed by atoms with Crippen LogP contribution in [0.4, 0.5) is 0 Å². The summed E-state index contributed by atoms with van der Waals surface area (Å²) in [6.07, 6.45) is 4.01. The molecule has 5 aromatic rings. The van der Waals surface area contributed by atoms with Crippen molar-refractivity contribution in [1.82, 2.24) is 14.5 Å². The van der Waals surface area contributed by atoms with E-state index in [4.69, 9.17) is 0 Å². The first-order chi connectivity index (χ1) is 14.1. The van der Waals surface area contributed by atoms with Gasteiger partial charge in [0.1, 0.15) is 0 Å². The minimum atomic E-state index is -0.490. The van der Waals surface area contributed by atoms with E-state index in [9.17, 15) is 15.3 Å². The van der Waals surface area contributed by atoms with Crippen molar-refractivity contribution in [3.8, 4) is 34.0 Å². The van der Waals surface area contributed by atoms with E-state index in [0.717, 1.165) is 38.5 Å². The molecular formula is C23H19N3O3. The third kappa shape index (κ3) is 2.14. The van der Waals surface area contributed by atoms with Crippen molar-refractivity contribution in [1.29, 1.82) is 0 Å². The highest BCUT2D eigenvalue weighted by atomic mass is 16.3. The standard InChI is InChI=1S/C23H19N3O3/c27-18-8-9-26-11-16(13-5-3-6-14(18)21(13)26)20-19(22(28)25-23(20)29)15-10-24-17-7-2-1-4-12(15)17/h1-7,10-11,18,24-25,27-29H,8-9H2/t18-/m0/s1. The van der Waals surface area contributed by atoms with Crippen molar-refractivity contribution in [3.63, 3.8) is 0 Å². The van der Waals surface area contributed by atoms with E-state index in [1.54, 1.807) is 0 Å². The number of aromatic nitrogens is 3. The van der Waals surface area contributed by atoms with E-state index in [2.05, 4.69) is 14.5 Å². The Hall–Kier alpha value is -3.64. The number of aromatic hydroxyl groups is 2. The summed E-state index contributed by atoms with van der Waals surface area (Å²) >= 11 is 0. The van der Waals surface area contributed by atoms with Gasteiger partial charge in [0, 0.05) is 51.9 Å². The first-order valence-corrected chi connectivity index (χ1v) is 9.64. The van der Waals surface area contributed by atoms with Crippen LogP contribution in [0, 0.1) is 0 Å². The molecule has 0 amide bonds. The molecule has 29 heavy (non-hydrogen) atoms. The SMILES string of the molecule is Oc1[nH]c(O)c(-c2cn3c4c(cccc24)[C@@H](O)CC3)c1-c1c[nH]c2ccccc12. The van der Waals surface area contributed by atoms with Gasteiger partial charge in [-0.15, -0.1) is 0 Å². The average Bonchev–Trinajstić information content (AvgIpc) is 3.38. The van der Waals surface area contributed by atoms with Crippen molar-refractivity contribution < 1.29 is 15.3 Å². The summed E-state index contributed by atoms with van der Waals surface area (Å²) in [5.41, 5.74) is 5.59. The molecule has 1 atom stereocenters. The highest BCUT2D eigenvalue weighted by molar-refractivity contribution is 6.08. The number of nitrogens with zero attached hydrogens (tertiary/aromatic N) is 1. The monoisotopic (exact) mass is 385 g/mol. The molecule has 1 aliphatic heterocycles. The van der Waals surface area contributed by atoms with E-state index in [-0.39, 0.29) is 11.8 Å². The van der Waals surface area contributed by atoms with E-state index in [1.807, 2.05) is 54.9 Å². The van der Waals surface area contributed by atoms with Crippen LogP contribution in [0.5, 0.6) is 11.8 Å². The largest absolute Gasteiger partial charge is 0.494 e. The molecule has 0 saturated heterocycles. The Kier molecular flexibility index (Phi) is 3.20. The van der Waals surface area contributed by atoms with Crippen LogP contribution in [0.2, 0.25) is 0 Å². The van der Waals surface area contributed by atoms with Gasteiger partial charge in [-0.2, -0.15) is 0 Å². The number of benzene rings is 2. The number of aliphatic hydroxyl groups is 1. The lowest BCUT2D eigenvalue weighted by Gasteiger charge is -2.20. The number of fused-ring (bicyclic) bond motifs is 1. The lowest BCUT2D eigenvalue weighted by Crippen LogP contribution is -2.11. The van der Waals surface area contributed by atoms with E-state index >= 15 is 0 Å². The molecular weight excluding hydrogens is 366 g/mol. The zero-order valence-electron chi connectivity index (χ0n) is 15.5. The summed E-state index contributed by atoms with van der Waals surface area (Å²) in [7, 11) is 0. The van der Waals surface area contributed by atoms with E-state index in [0.29, 0.717) is 24.1 Å². The van der Waals surface area contributed by atoms with Crippen LogP contribution in [-0.2, 0) is 6.54 Å². The third-order valence-electron chi connectivity index (χ3n) is 6.02. The molecule has 4 heterocycles. The quantitative estimate of drug-likeness (QED) is 0.306. The Morgan fingerprint density at radius 3 is 2.52 bits per heavy atom. The molecule has 0 saturated carbocycles. The second kappa shape index (κ2) is 5.68. The van der Waals surface area contributed by atoms with Gasteiger partial charge >= 0.3 is 0 Å². The molecule has 6 rings (SSSR count). The van der Waals surface area contributed by atoms with Crippen molar-refractivity contribution in [2.75, 3.05) is 0 Å². The molecule has 144 valence electrons. The molecule has 0 unspecified atom stereocenters. The van der Waals surface area contributed by atoms with Crippen LogP contribution in [0.15, 0.2) is 54.9 Å². The van der Waals surface area contributed by atoms with Crippen LogP contribution in [-0.4, -0.2) is 29.9 Å². The fraction of sp³-hybridized carbons (Fsp3) is 0.130. The van der Waals surface area contributed by atoms with Crippen molar-refractivity contribution in [2.45, 2.75) is 19.1 Å². The Morgan fingerprint density at radius 2 is 1.66 bits per heavy atom. The molecule has 5 N–H and O–H groups in total. The number of H-pyrrole nitrogens is 2. The van der Waals surface area contributed by atoms with E-state index in [1.165, 1.54) is 0 Å². The lowest BCUT2D eigenvalue weighted by molar-refractivity contribution is 0.157. The first kappa shape index (κ1) is 16.3. The van der Waals surface area contributed by atoms with E-state index < -0.39 is 6.10 Å². The molecule has 6 heteroatoms. The zero-order valence-corrected chi connectivity index (χ0v) is 15.5. The van der Waals surface area contributed by atoms with Gasteiger partial charge in [-0.3, -0.25) is 4.98 Å². The third-order valence-corrected chi connectivity index (χ3v) is 6.02. The summed E-state index contributed by atoms with van der Waals surface area (Å²) < 4.78 is 2.12. The molecule has 0 aliphatic carbocycles. The Labute approximate surface area is 165 Å². The van der Waals surface area contributed by atoms with Gasteiger partial charge in [0.25, 0.3) is 0 Å². The lowest BCUT2D eigenvalue weighted by atomic mass is 9.95. The van der Waals surface area contributed by atoms with Gasteiger partial charge in [-0.1, -0.05) is 36.4 Å². The highest BCUT2D eigenvalue weighted by Gasteiger charge is 2.28. The summed E-state index contributed by atoms with van der Waals surface area (Å²) in [5.74, 6) is -0.152. The Morgan fingerprint density at radius 1 is 0.897 bits per heavy atom. The molecule has 2 aromatic carbocycles. The summed E-state index contributed by atoms with van der Waals surface area (Å²) in [5, 5.41) is 33.7. The first-order valence-electron chi connectivity index (χ1n) is 9.64. The van der Waals surface area contributed by atoms with Gasteiger partial charge in [0.05, 0.1) is 22.7 Å². The predicted octanol–water partition coefficient (Wildman–Crippen LogP) is 4.63. The maximum Gasteiger partial charge on any atom is 0.200 e. The molecule has 0 spiro atoms. The molecule has 6 nitrogen and oxygen atoms in total. The van der Waals surface area contributed by atoms with Gasteiger partial charge in [-0.25, -0.2) is 0 Å². The summed E-state index contributed by atoms with van der Waals surface area (Å²) in [6.45, 7) is 0.703. The fourth-order valence-corrected chi connectivity index (χ4v) is 4.73. The van der Waals surface area contributed by atoms with Gasteiger partial charge < -0.3 is 24.9 Å². The number of aromatic amines is 2. The predicted molar refractivity (Wildman–Crippen MR) is 112 cm³/mol. The number of rotatable bonds is 2.